The largest absolute Gasteiger partial charge is 0.322 e. The summed E-state index contributed by atoms with van der Waals surface area (Å²) >= 11 is 0. The molecule has 98 valence electrons. The van der Waals surface area contributed by atoms with Crippen molar-refractivity contribution in [3.8, 4) is 0 Å². The Morgan fingerprint density at radius 2 is 1.53 bits per heavy atom. The number of nitrogens with one attached hydrogen (secondary N) is 1. The number of benzene rings is 2. The molecule has 1 amide bonds. The number of hydrogen-bond acceptors (Lipinski definition) is 1. The van der Waals surface area contributed by atoms with E-state index in [0.717, 1.165) is 22.4 Å². The standard InChI is InChI=1S/C16H16FNO/c1-10-8-11(2)15(12(3)9-10)18-16(19)13-4-6-14(17)7-5-13/h4-9H,1-3H3,(H,18,19). The van der Waals surface area contributed by atoms with Crippen LogP contribution in [0.4, 0.5) is 10.1 Å². The first-order valence-corrected chi connectivity index (χ1v) is 6.12. The van der Waals surface area contributed by atoms with Crippen LogP contribution >= 0.6 is 0 Å². The maximum absolute atomic E-state index is 12.8. The molecule has 2 aromatic rings. The van der Waals surface area contributed by atoms with Crippen LogP contribution in [0.1, 0.15) is 27.0 Å². The first-order chi connectivity index (χ1) is 8.97. The predicted octanol–water partition coefficient (Wildman–Crippen LogP) is 4.00. The molecule has 0 radical (unpaired) electrons. The van der Waals surface area contributed by atoms with Gasteiger partial charge in [0.05, 0.1) is 0 Å². The van der Waals surface area contributed by atoms with E-state index < -0.39 is 0 Å². The van der Waals surface area contributed by atoms with E-state index in [1.165, 1.54) is 24.3 Å². The number of carbonyl (C=O) groups excluding carboxylic acids is 1. The zero-order valence-electron chi connectivity index (χ0n) is 11.3. The highest BCUT2D eigenvalue weighted by Crippen LogP contribution is 2.22. The Labute approximate surface area is 112 Å². The smallest absolute Gasteiger partial charge is 0.255 e. The summed E-state index contributed by atoms with van der Waals surface area (Å²) in [5.74, 6) is -0.575. The molecule has 0 heterocycles. The van der Waals surface area contributed by atoms with E-state index in [-0.39, 0.29) is 11.7 Å². The van der Waals surface area contributed by atoms with Crippen molar-refractivity contribution in [3.05, 3.63) is 64.5 Å². The number of halogens is 1. The van der Waals surface area contributed by atoms with Crippen LogP contribution in [0.25, 0.3) is 0 Å². The molecule has 19 heavy (non-hydrogen) atoms. The molecule has 0 spiro atoms. The zero-order valence-corrected chi connectivity index (χ0v) is 11.3. The first-order valence-electron chi connectivity index (χ1n) is 6.12. The Hall–Kier alpha value is -2.16. The zero-order chi connectivity index (χ0) is 14.0. The number of aryl methyl sites for hydroxylation is 3. The van der Waals surface area contributed by atoms with E-state index in [2.05, 4.69) is 5.32 Å². The van der Waals surface area contributed by atoms with Gasteiger partial charge in [-0.3, -0.25) is 4.79 Å². The van der Waals surface area contributed by atoms with Gasteiger partial charge in [0.25, 0.3) is 5.91 Å². The second-order valence-corrected chi connectivity index (χ2v) is 4.73. The van der Waals surface area contributed by atoms with E-state index in [4.69, 9.17) is 0 Å². The molecular weight excluding hydrogens is 241 g/mol. The Morgan fingerprint density at radius 1 is 1.00 bits per heavy atom. The molecular formula is C16H16FNO. The minimum absolute atomic E-state index is 0.227. The average Bonchev–Trinajstić information content (AvgIpc) is 2.34. The average molecular weight is 257 g/mol. The van der Waals surface area contributed by atoms with Gasteiger partial charge in [-0.2, -0.15) is 0 Å². The van der Waals surface area contributed by atoms with Crippen molar-refractivity contribution in [2.45, 2.75) is 20.8 Å². The summed E-state index contributed by atoms with van der Waals surface area (Å²) in [6, 6.07) is 9.56. The third kappa shape index (κ3) is 2.99. The summed E-state index contributed by atoms with van der Waals surface area (Å²) in [5.41, 5.74) is 4.47. The Bertz CT molecular complexity index is 594. The molecule has 2 aromatic carbocycles. The summed E-state index contributed by atoms with van der Waals surface area (Å²) in [4.78, 5) is 12.1. The van der Waals surface area contributed by atoms with Gasteiger partial charge in [-0.25, -0.2) is 4.39 Å². The molecule has 0 aliphatic rings. The molecule has 0 atom stereocenters. The second kappa shape index (κ2) is 5.22. The third-order valence-electron chi connectivity index (χ3n) is 3.02. The van der Waals surface area contributed by atoms with Crippen LogP contribution in [0.15, 0.2) is 36.4 Å². The number of carbonyl (C=O) groups is 1. The SMILES string of the molecule is Cc1cc(C)c(NC(=O)c2ccc(F)cc2)c(C)c1. The fourth-order valence-corrected chi connectivity index (χ4v) is 2.16. The molecule has 0 fully saturated rings. The van der Waals surface area contributed by atoms with Crippen molar-refractivity contribution in [2.24, 2.45) is 0 Å². The van der Waals surface area contributed by atoms with Crippen LogP contribution in [0.2, 0.25) is 0 Å². The number of anilines is 1. The Balaban J connectivity index is 2.26. The molecule has 0 aliphatic heterocycles. The van der Waals surface area contributed by atoms with Crippen LogP contribution in [-0.2, 0) is 0 Å². The second-order valence-electron chi connectivity index (χ2n) is 4.73. The normalized spacial score (nSPS) is 10.3. The van der Waals surface area contributed by atoms with Gasteiger partial charge < -0.3 is 5.32 Å². The maximum Gasteiger partial charge on any atom is 0.255 e. The van der Waals surface area contributed by atoms with Crippen molar-refractivity contribution in [3.63, 3.8) is 0 Å². The van der Waals surface area contributed by atoms with Crippen molar-refractivity contribution < 1.29 is 9.18 Å². The third-order valence-corrected chi connectivity index (χ3v) is 3.02. The number of hydrogen-bond donors (Lipinski definition) is 1. The molecule has 0 unspecified atom stereocenters. The van der Waals surface area contributed by atoms with E-state index in [1.54, 1.807) is 0 Å². The molecule has 0 saturated carbocycles. The van der Waals surface area contributed by atoms with Crippen LogP contribution in [-0.4, -0.2) is 5.91 Å². The summed E-state index contributed by atoms with van der Waals surface area (Å²) in [5, 5.41) is 2.88. The molecule has 0 aliphatic carbocycles. The minimum atomic E-state index is -0.348. The highest BCUT2D eigenvalue weighted by Gasteiger charge is 2.10. The lowest BCUT2D eigenvalue weighted by atomic mass is 10.0. The van der Waals surface area contributed by atoms with E-state index in [9.17, 15) is 9.18 Å². The lowest BCUT2D eigenvalue weighted by Gasteiger charge is -2.12. The van der Waals surface area contributed by atoms with Crippen LogP contribution in [0, 0.1) is 26.6 Å². The van der Waals surface area contributed by atoms with Crippen molar-refractivity contribution in [2.75, 3.05) is 5.32 Å². The monoisotopic (exact) mass is 257 g/mol. The fourth-order valence-electron chi connectivity index (χ4n) is 2.16. The lowest BCUT2D eigenvalue weighted by molar-refractivity contribution is 0.102. The van der Waals surface area contributed by atoms with Gasteiger partial charge in [0.2, 0.25) is 0 Å². The van der Waals surface area contributed by atoms with Crippen LogP contribution in [0.3, 0.4) is 0 Å². The molecule has 0 saturated heterocycles. The number of rotatable bonds is 2. The van der Waals surface area contributed by atoms with Gasteiger partial charge in [-0.15, -0.1) is 0 Å². The van der Waals surface area contributed by atoms with Gasteiger partial charge in [-0.05, 0) is 56.2 Å². The van der Waals surface area contributed by atoms with Gasteiger partial charge in [0.1, 0.15) is 5.82 Å². The number of amides is 1. The predicted molar refractivity (Wildman–Crippen MR) is 75.0 cm³/mol. The van der Waals surface area contributed by atoms with Crippen LogP contribution in [0.5, 0.6) is 0 Å². The highest BCUT2D eigenvalue weighted by atomic mass is 19.1. The highest BCUT2D eigenvalue weighted by molar-refractivity contribution is 6.05. The van der Waals surface area contributed by atoms with Gasteiger partial charge in [0.15, 0.2) is 0 Å². The Morgan fingerprint density at radius 3 is 2.05 bits per heavy atom. The molecule has 2 nitrogen and oxygen atoms in total. The summed E-state index contributed by atoms with van der Waals surface area (Å²) < 4.78 is 12.8. The summed E-state index contributed by atoms with van der Waals surface area (Å²) in [7, 11) is 0. The molecule has 3 heteroatoms. The lowest BCUT2D eigenvalue weighted by Crippen LogP contribution is -2.13. The van der Waals surface area contributed by atoms with Crippen molar-refractivity contribution >= 4 is 11.6 Å². The first kappa shape index (κ1) is 13.3. The van der Waals surface area contributed by atoms with Crippen molar-refractivity contribution in [1.29, 1.82) is 0 Å². The summed E-state index contributed by atoms with van der Waals surface area (Å²) in [6.07, 6.45) is 0. The molecule has 0 bridgehead atoms. The van der Waals surface area contributed by atoms with Gasteiger partial charge in [0, 0.05) is 11.3 Å². The van der Waals surface area contributed by atoms with E-state index in [0.29, 0.717) is 5.56 Å². The molecule has 1 N–H and O–H groups in total. The van der Waals surface area contributed by atoms with Gasteiger partial charge >= 0.3 is 0 Å². The fraction of sp³-hybridized carbons (Fsp3) is 0.188. The van der Waals surface area contributed by atoms with E-state index in [1.807, 2.05) is 32.9 Å². The molecule has 2 rings (SSSR count). The molecule has 0 aromatic heterocycles. The summed E-state index contributed by atoms with van der Waals surface area (Å²) in [6.45, 7) is 5.94. The topological polar surface area (TPSA) is 29.1 Å². The van der Waals surface area contributed by atoms with Crippen LogP contribution < -0.4 is 5.32 Å². The Kier molecular flexibility index (Phi) is 3.65. The quantitative estimate of drug-likeness (QED) is 0.865. The minimum Gasteiger partial charge on any atom is -0.322 e. The van der Waals surface area contributed by atoms with E-state index >= 15 is 0 Å². The van der Waals surface area contributed by atoms with Gasteiger partial charge in [-0.1, -0.05) is 17.7 Å². The maximum atomic E-state index is 12.8. The van der Waals surface area contributed by atoms with Crippen molar-refractivity contribution in [1.82, 2.24) is 0 Å².